The van der Waals surface area contributed by atoms with Gasteiger partial charge in [0.25, 0.3) is 0 Å². The van der Waals surface area contributed by atoms with Gasteiger partial charge in [-0.25, -0.2) is 4.98 Å². The van der Waals surface area contributed by atoms with Crippen LogP contribution in [0, 0.1) is 0 Å². The highest BCUT2D eigenvalue weighted by Crippen LogP contribution is 2.19. The Bertz CT molecular complexity index is 817. The molecular formula is C20H24N4O2. The SMILES string of the molecule is CCNC1=NCc2cc(CC(=O)CCc3cccnc3OCC)ncc21. The number of carbonyl (C=O) groups is 1. The number of fused-ring (bicyclic) bond motifs is 1. The molecule has 0 radical (unpaired) electrons. The number of ether oxygens (including phenoxy) is 1. The fraction of sp³-hybridized carbons (Fsp3) is 0.400. The molecule has 0 unspecified atom stereocenters. The number of carbonyl (C=O) groups excluding carboxylic acids is 1. The lowest BCUT2D eigenvalue weighted by molar-refractivity contribution is -0.118. The summed E-state index contributed by atoms with van der Waals surface area (Å²) in [5.41, 5.74) is 3.94. The summed E-state index contributed by atoms with van der Waals surface area (Å²) in [6.45, 7) is 6.01. The van der Waals surface area contributed by atoms with Crippen molar-refractivity contribution in [2.45, 2.75) is 39.7 Å². The van der Waals surface area contributed by atoms with Gasteiger partial charge in [0.15, 0.2) is 0 Å². The van der Waals surface area contributed by atoms with Crippen LogP contribution in [0.3, 0.4) is 0 Å². The first-order valence-corrected chi connectivity index (χ1v) is 9.06. The van der Waals surface area contributed by atoms with Gasteiger partial charge in [-0.3, -0.25) is 14.8 Å². The van der Waals surface area contributed by atoms with Crippen LogP contribution in [0.5, 0.6) is 5.88 Å². The van der Waals surface area contributed by atoms with E-state index in [1.807, 2.05) is 38.2 Å². The molecule has 136 valence electrons. The van der Waals surface area contributed by atoms with E-state index in [2.05, 4.69) is 20.3 Å². The monoisotopic (exact) mass is 352 g/mol. The maximum atomic E-state index is 12.4. The molecule has 0 saturated heterocycles. The summed E-state index contributed by atoms with van der Waals surface area (Å²) in [5, 5.41) is 3.24. The fourth-order valence-electron chi connectivity index (χ4n) is 3.00. The third kappa shape index (κ3) is 4.25. The summed E-state index contributed by atoms with van der Waals surface area (Å²) in [5.74, 6) is 1.68. The van der Waals surface area contributed by atoms with E-state index in [1.165, 1.54) is 0 Å². The Morgan fingerprint density at radius 2 is 2.19 bits per heavy atom. The van der Waals surface area contributed by atoms with Crippen LogP contribution in [-0.4, -0.2) is 34.7 Å². The highest BCUT2D eigenvalue weighted by atomic mass is 16.5. The number of nitrogens with one attached hydrogen (secondary N) is 1. The number of aryl methyl sites for hydroxylation is 1. The summed E-state index contributed by atoms with van der Waals surface area (Å²) in [4.78, 5) is 25.5. The van der Waals surface area contributed by atoms with E-state index in [-0.39, 0.29) is 5.78 Å². The van der Waals surface area contributed by atoms with Crippen LogP contribution in [0.4, 0.5) is 0 Å². The zero-order valence-electron chi connectivity index (χ0n) is 15.3. The average molecular weight is 352 g/mol. The van der Waals surface area contributed by atoms with Gasteiger partial charge in [-0.15, -0.1) is 0 Å². The van der Waals surface area contributed by atoms with Gasteiger partial charge >= 0.3 is 0 Å². The normalized spacial score (nSPS) is 12.5. The number of hydrogen-bond acceptors (Lipinski definition) is 6. The van der Waals surface area contributed by atoms with Crippen molar-refractivity contribution in [3.05, 3.63) is 53.0 Å². The summed E-state index contributed by atoms with van der Waals surface area (Å²) >= 11 is 0. The first-order valence-electron chi connectivity index (χ1n) is 9.06. The second-order valence-corrected chi connectivity index (χ2v) is 6.14. The zero-order valence-corrected chi connectivity index (χ0v) is 15.3. The maximum absolute atomic E-state index is 12.4. The number of aliphatic imine (C=N–C) groups is 1. The molecule has 2 aromatic rings. The van der Waals surface area contributed by atoms with E-state index in [9.17, 15) is 4.79 Å². The van der Waals surface area contributed by atoms with Gasteiger partial charge in [-0.05, 0) is 38.0 Å². The molecule has 26 heavy (non-hydrogen) atoms. The van der Waals surface area contributed by atoms with Crippen LogP contribution in [0.25, 0.3) is 0 Å². The molecule has 0 bridgehead atoms. The molecule has 0 amide bonds. The lowest BCUT2D eigenvalue weighted by atomic mass is 10.0. The highest BCUT2D eigenvalue weighted by molar-refractivity contribution is 6.01. The van der Waals surface area contributed by atoms with Gasteiger partial charge in [-0.2, -0.15) is 0 Å². The van der Waals surface area contributed by atoms with Crippen molar-refractivity contribution in [3.8, 4) is 5.88 Å². The molecule has 1 aliphatic rings. The predicted molar refractivity (Wildman–Crippen MR) is 101 cm³/mol. The second kappa shape index (κ2) is 8.56. The molecule has 6 nitrogen and oxygen atoms in total. The van der Waals surface area contributed by atoms with E-state index in [0.717, 1.165) is 34.8 Å². The van der Waals surface area contributed by atoms with Crippen molar-refractivity contribution in [3.63, 3.8) is 0 Å². The first-order chi connectivity index (χ1) is 12.7. The molecular weight excluding hydrogens is 328 g/mol. The summed E-state index contributed by atoms with van der Waals surface area (Å²) in [6, 6.07) is 5.82. The zero-order chi connectivity index (χ0) is 18.4. The number of pyridine rings is 2. The predicted octanol–water partition coefficient (Wildman–Crippen LogP) is 2.49. The number of aromatic nitrogens is 2. The summed E-state index contributed by atoms with van der Waals surface area (Å²) in [6.07, 6.45) is 4.94. The molecule has 2 aromatic heterocycles. The van der Waals surface area contributed by atoms with Gasteiger partial charge in [0.1, 0.15) is 11.6 Å². The number of nitrogens with zero attached hydrogens (tertiary/aromatic N) is 3. The largest absolute Gasteiger partial charge is 0.478 e. The van der Waals surface area contributed by atoms with E-state index in [0.29, 0.717) is 38.3 Å². The highest BCUT2D eigenvalue weighted by Gasteiger charge is 2.17. The van der Waals surface area contributed by atoms with Gasteiger partial charge in [-0.1, -0.05) is 6.07 Å². The van der Waals surface area contributed by atoms with Gasteiger partial charge in [0, 0.05) is 48.6 Å². The van der Waals surface area contributed by atoms with Crippen molar-refractivity contribution < 1.29 is 9.53 Å². The lowest BCUT2D eigenvalue weighted by Gasteiger charge is -2.08. The second-order valence-electron chi connectivity index (χ2n) is 6.14. The molecule has 0 spiro atoms. The Morgan fingerprint density at radius 3 is 3.00 bits per heavy atom. The van der Waals surface area contributed by atoms with Crippen LogP contribution < -0.4 is 10.1 Å². The molecule has 0 aliphatic carbocycles. The van der Waals surface area contributed by atoms with Crippen LogP contribution in [-0.2, 0) is 24.2 Å². The average Bonchev–Trinajstić information content (AvgIpc) is 3.04. The lowest BCUT2D eigenvalue weighted by Crippen LogP contribution is -2.22. The van der Waals surface area contributed by atoms with Gasteiger partial charge in [0.2, 0.25) is 5.88 Å². The van der Waals surface area contributed by atoms with Gasteiger partial charge in [0.05, 0.1) is 13.2 Å². The molecule has 1 aliphatic heterocycles. The molecule has 1 N–H and O–H groups in total. The Morgan fingerprint density at radius 1 is 1.31 bits per heavy atom. The number of ketones is 1. The van der Waals surface area contributed by atoms with Crippen LogP contribution >= 0.6 is 0 Å². The minimum Gasteiger partial charge on any atom is -0.478 e. The van der Waals surface area contributed by atoms with Crippen molar-refractivity contribution in [1.82, 2.24) is 15.3 Å². The van der Waals surface area contributed by atoms with Crippen molar-refractivity contribution in [1.29, 1.82) is 0 Å². The van der Waals surface area contributed by atoms with E-state index < -0.39 is 0 Å². The van der Waals surface area contributed by atoms with Crippen LogP contribution in [0.2, 0.25) is 0 Å². The van der Waals surface area contributed by atoms with E-state index in [4.69, 9.17) is 4.74 Å². The molecule has 3 heterocycles. The minimum atomic E-state index is 0.162. The molecule has 6 heteroatoms. The van der Waals surface area contributed by atoms with Gasteiger partial charge < -0.3 is 10.1 Å². The molecule has 0 fully saturated rings. The van der Waals surface area contributed by atoms with E-state index in [1.54, 1.807) is 6.20 Å². The number of amidine groups is 1. The first kappa shape index (κ1) is 18.0. The minimum absolute atomic E-state index is 0.162. The van der Waals surface area contributed by atoms with Crippen LogP contribution in [0.1, 0.15) is 42.7 Å². The topological polar surface area (TPSA) is 76.5 Å². The smallest absolute Gasteiger partial charge is 0.216 e. The number of rotatable bonds is 8. The summed E-state index contributed by atoms with van der Waals surface area (Å²) in [7, 11) is 0. The Hall–Kier alpha value is -2.76. The molecule has 0 atom stereocenters. The van der Waals surface area contributed by atoms with Crippen molar-refractivity contribution >= 4 is 11.6 Å². The molecule has 3 rings (SSSR count). The number of hydrogen-bond donors (Lipinski definition) is 1. The third-order valence-corrected chi connectivity index (χ3v) is 4.24. The summed E-state index contributed by atoms with van der Waals surface area (Å²) < 4.78 is 5.51. The van der Waals surface area contributed by atoms with E-state index >= 15 is 0 Å². The van der Waals surface area contributed by atoms with Crippen molar-refractivity contribution in [2.24, 2.45) is 4.99 Å². The fourth-order valence-corrected chi connectivity index (χ4v) is 3.00. The Labute approximate surface area is 153 Å². The molecule has 0 saturated carbocycles. The van der Waals surface area contributed by atoms with Crippen LogP contribution in [0.15, 0.2) is 35.6 Å². The molecule has 0 aromatic carbocycles. The number of Topliss-reactive ketones (excluding diaryl/α,β-unsaturated/α-hetero) is 1. The van der Waals surface area contributed by atoms with Crippen molar-refractivity contribution in [2.75, 3.05) is 13.2 Å². The Kier molecular flexibility index (Phi) is 5.94. The maximum Gasteiger partial charge on any atom is 0.216 e. The quantitative estimate of drug-likeness (QED) is 0.790. The standard InChI is InChI=1S/C20H24N4O2/c1-3-21-19-18-13-23-16(10-15(18)12-24-19)11-17(25)8-7-14-6-5-9-22-20(14)26-4-2/h5-6,9-10,13H,3-4,7-8,11-12H2,1-2H3,(H,21,24). The third-order valence-electron chi connectivity index (χ3n) is 4.24. The Balaban J connectivity index is 1.58.